The molecule has 0 saturated carbocycles. The highest BCUT2D eigenvalue weighted by Gasteiger charge is 2.08. The van der Waals surface area contributed by atoms with Crippen molar-refractivity contribution in [2.45, 2.75) is 26.3 Å². The molecule has 0 aliphatic heterocycles. The number of hydrogen-bond donors (Lipinski definition) is 1. The fourth-order valence-electron chi connectivity index (χ4n) is 0.387. The van der Waals surface area contributed by atoms with Crippen molar-refractivity contribution >= 4 is 11.9 Å². The summed E-state index contributed by atoms with van der Waals surface area (Å²) >= 11 is 0. The van der Waals surface area contributed by atoms with Gasteiger partial charge in [0.05, 0.1) is 0 Å². The van der Waals surface area contributed by atoms with E-state index in [1.807, 2.05) is 0 Å². The number of hydrogen-bond acceptors (Lipinski definition) is 5. The molecule has 0 radical (unpaired) electrons. The standard InChI is InChI=1S/C7H13NO4/c1-3-6(9)11-4-12-7(10)5(2)8/h5H,3-4,8H2,1-2H3. The molecule has 0 aromatic rings. The van der Waals surface area contributed by atoms with E-state index in [2.05, 4.69) is 9.47 Å². The molecule has 12 heavy (non-hydrogen) atoms. The minimum absolute atomic E-state index is 0.260. The van der Waals surface area contributed by atoms with Gasteiger partial charge in [0.1, 0.15) is 6.04 Å². The molecule has 1 atom stereocenters. The summed E-state index contributed by atoms with van der Waals surface area (Å²) in [6.07, 6.45) is 0.260. The third-order valence-corrected chi connectivity index (χ3v) is 1.08. The van der Waals surface area contributed by atoms with Crippen LogP contribution in [0.3, 0.4) is 0 Å². The van der Waals surface area contributed by atoms with E-state index in [0.29, 0.717) is 0 Å². The maximum atomic E-state index is 10.7. The van der Waals surface area contributed by atoms with Gasteiger partial charge in [0, 0.05) is 6.42 Å². The molecular formula is C7H13NO4. The molecule has 0 heterocycles. The minimum atomic E-state index is -0.690. The molecule has 0 saturated heterocycles. The SMILES string of the molecule is CCC(=O)OCOC(=O)C(C)N. The summed E-state index contributed by atoms with van der Waals surface area (Å²) in [6, 6.07) is -0.690. The van der Waals surface area contributed by atoms with E-state index in [4.69, 9.17) is 5.73 Å². The topological polar surface area (TPSA) is 78.6 Å². The fraction of sp³-hybridized carbons (Fsp3) is 0.714. The molecule has 0 fully saturated rings. The predicted molar refractivity (Wildman–Crippen MR) is 41.0 cm³/mol. The van der Waals surface area contributed by atoms with Crippen LogP contribution in [0.25, 0.3) is 0 Å². The highest BCUT2D eigenvalue weighted by atomic mass is 16.7. The van der Waals surface area contributed by atoms with Crippen LogP contribution >= 0.6 is 0 Å². The Balaban J connectivity index is 3.44. The van der Waals surface area contributed by atoms with E-state index >= 15 is 0 Å². The van der Waals surface area contributed by atoms with Gasteiger partial charge in [0.2, 0.25) is 6.79 Å². The summed E-state index contributed by atoms with van der Waals surface area (Å²) in [7, 11) is 0. The fourth-order valence-corrected chi connectivity index (χ4v) is 0.387. The maximum Gasteiger partial charge on any atom is 0.325 e. The number of esters is 2. The molecule has 0 aromatic carbocycles. The van der Waals surface area contributed by atoms with Crippen LogP contribution in [0.4, 0.5) is 0 Å². The van der Waals surface area contributed by atoms with Crippen LogP contribution in [0.2, 0.25) is 0 Å². The normalized spacial score (nSPS) is 11.9. The Labute approximate surface area is 70.8 Å². The first-order valence-corrected chi connectivity index (χ1v) is 3.65. The Morgan fingerprint density at radius 3 is 2.42 bits per heavy atom. The number of nitrogens with two attached hydrogens (primary N) is 1. The van der Waals surface area contributed by atoms with Gasteiger partial charge in [-0.1, -0.05) is 6.92 Å². The van der Waals surface area contributed by atoms with Crippen molar-refractivity contribution in [2.24, 2.45) is 5.73 Å². The molecule has 5 heteroatoms. The van der Waals surface area contributed by atoms with Crippen LogP contribution < -0.4 is 5.73 Å². The molecule has 0 aromatic heterocycles. The first-order chi connectivity index (χ1) is 5.57. The Hall–Kier alpha value is -1.10. The lowest BCUT2D eigenvalue weighted by atomic mass is 10.4. The molecule has 0 aliphatic carbocycles. The molecule has 0 aliphatic rings. The van der Waals surface area contributed by atoms with Crippen LogP contribution in [0.15, 0.2) is 0 Å². The number of carbonyl (C=O) groups excluding carboxylic acids is 2. The first-order valence-electron chi connectivity index (χ1n) is 3.65. The summed E-state index contributed by atoms with van der Waals surface area (Å²) in [6.45, 7) is 2.78. The predicted octanol–water partition coefficient (Wildman–Crippen LogP) is -0.213. The van der Waals surface area contributed by atoms with Gasteiger partial charge in [-0.15, -0.1) is 0 Å². The minimum Gasteiger partial charge on any atom is -0.428 e. The van der Waals surface area contributed by atoms with E-state index in [0.717, 1.165) is 0 Å². The smallest absolute Gasteiger partial charge is 0.325 e. The molecule has 0 rings (SSSR count). The summed E-state index contributed by atoms with van der Waals surface area (Å²) in [5.74, 6) is -0.994. The zero-order valence-corrected chi connectivity index (χ0v) is 7.20. The van der Waals surface area contributed by atoms with Crippen molar-refractivity contribution in [1.82, 2.24) is 0 Å². The second kappa shape index (κ2) is 5.54. The van der Waals surface area contributed by atoms with Crippen LogP contribution in [0.5, 0.6) is 0 Å². The number of carbonyl (C=O) groups is 2. The van der Waals surface area contributed by atoms with Crippen LogP contribution in [-0.4, -0.2) is 24.8 Å². The van der Waals surface area contributed by atoms with Gasteiger partial charge < -0.3 is 15.2 Å². The van der Waals surface area contributed by atoms with Gasteiger partial charge in [-0.25, -0.2) is 0 Å². The van der Waals surface area contributed by atoms with Crippen molar-refractivity contribution < 1.29 is 19.1 Å². The lowest BCUT2D eigenvalue weighted by Crippen LogP contribution is -2.29. The van der Waals surface area contributed by atoms with Gasteiger partial charge >= 0.3 is 11.9 Å². The summed E-state index contributed by atoms with van der Waals surface area (Å²) in [5.41, 5.74) is 5.17. The van der Waals surface area contributed by atoms with E-state index in [9.17, 15) is 9.59 Å². The molecule has 0 amide bonds. The molecule has 2 N–H and O–H groups in total. The second-order valence-corrected chi connectivity index (χ2v) is 2.24. The highest BCUT2D eigenvalue weighted by molar-refractivity contribution is 5.75. The summed E-state index contributed by atoms with van der Waals surface area (Å²) < 4.78 is 8.94. The molecule has 5 nitrogen and oxygen atoms in total. The Morgan fingerprint density at radius 1 is 1.42 bits per heavy atom. The quantitative estimate of drug-likeness (QED) is 0.472. The average Bonchev–Trinajstić information content (AvgIpc) is 2.03. The average molecular weight is 175 g/mol. The summed E-state index contributed by atoms with van der Waals surface area (Å²) in [4.78, 5) is 21.2. The van der Waals surface area contributed by atoms with Crippen molar-refractivity contribution in [2.75, 3.05) is 6.79 Å². The second-order valence-electron chi connectivity index (χ2n) is 2.24. The third-order valence-electron chi connectivity index (χ3n) is 1.08. The Bertz CT molecular complexity index is 167. The van der Waals surface area contributed by atoms with E-state index in [1.165, 1.54) is 6.92 Å². The van der Waals surface area contributed by atoms with Gasteiger partial charge in [0.25, 0.3) is 0 Å². The zero-order chi connectivity index (χ0) is 9.56. The van der Waals surface area contributed by atoms with Gasteiger partial charge in [-0.3, -0.25) is 9.59 Å². The maximum absolute atomic E-state index is 10.7. The number of ether oxygens (including phenoxy) is 2. The Kier molecular flexibility index (Phi) is 5.03. The van der Waals surface area contributed by atoms with Crippen molar-refractivity contribution in [1.29, 1.82) is 0 Å². The van der Waals surface area contributed by atoms with Crippen LogP contribution in [0, 0.1) is 0 Å². The third kappa shape index (κ3) is 4.68. The number of rotatable bonds is 4. The van der Waals surface area contributed by atoms with Gasteiger partial charge in [-0.05, 0) is 6.92 Å². The van der Waals surface area contributed by atoms with E-state index < -0.39 is 18.0 Å². The zero-order valence-electron chi connectivity index (χ0n) is 7.20. The highest BCUT2D eigenvalue weighted by Crippen LogP contribution is 1.88. The molecule has 0 bridgehead atoms. The van der Waals surface area contributed by atoms with Crippen LogP contribution in [-0.2, 0) is 19.1 Å². The monoisotopic (exact) mass is 175 g/mol. The van der Waals surface area contributed by atoms with Crippen molar-refractivity contribution in [3.63, 3.8) is 0 Å². The van der Waals surface area contributed by atoms with E-state index in [1.54, 1.807) is 6.92 Å². The van der Waals surface area contributed by atoms with Gasteiger partial charge in [-0.2, -0.15) is 0 Å². The van der Waals surface area contributed by atoms with Crippen molar-refractivity contribution in [3.8, 4) is 0 Å². The lowest BCUT2D eigenvalue weighted by Gasteiger charge is -2.06. The Morgan fingerprint density at radius 2 is 2.00 bits per heavy atom. The molecule has 0 spiro atoms. The molecular weight excluding hydrogens is 162 g/mol. The lowest BCUT2D eigenvalue weighted by molar-refractivity contribution is -0.167. The van der Waals surface area contributed by atoms with Gasteiger partial charge in [0.15, 0.2) is 0 Å². The van der Waals surface area contributed by atoms with E-state index in [-0.39, 0.29) is 13.2 Å². The van der Waals surface area contributed by atoms with Crippen molar-refractivity contribution in [3.05, 3.63) is 0 Å². The van der Waals surface area contributed by atoms with Crippen LogP contribution in [0.1, 0.15) is 20.3 Å². The summed E-state index contributed by atoms with van der Waals surface area (Å²) in [5, 5.41) is 0. The molecule has 1 unspecified atom stereocenters. The molecule has 70 valence electrons. The largest absolute Gasteiger partial charge is 0.428 e. The first kappa shape index (κ1) is 10.9.